The van der Waals surface area contributed by atoms with E-state index >= 15 is 0 Å². The first-order valence-corrected chi connectivity index (χ1v) is 7.46. The zero-order chi connectivity index (χ0) is 16.8. The Labute approximate surface area is 139 Å². The van der Waals surface area contributed by atoms with Gasteiger partial charge in [0, 0.05) is 16.7 Å². The maximum absolute atomic E-state index is 12.3. The number of halogens is 3. The highest BCUT2D eigenvalue weighted by molar-refractivity contribution is 7.14. The number of rotatable bonds is 5. The largest absolute Gasteiger partial charge is 0.434 e. The summed E-state index contributed by atoms with van der Waals surface area (Å²) in [6.45, 7) is -2.98. The van der Waals surface area contributed by atoms with Crippen molar-refractivity contribution in [3.63, 3.8) is 0 Å². The van der Waals surface area contributed by atoms with Crippen LogP contribution in [0, 0.1) is 11.3 Å². The average Bonchev–Trinajstić information content (AvgIpc) is 2.94. The number of carbonyl (C=O) groups excluding carboxylic acids is 1. The van der Waals surface area contributed by atoms with E-state index in [2.05, 4.69) is 10.1 Å². The number of carbonyl (C=O) groups is 1. The quantitative estimate of drug-likeness (QED) is 0.802. The van der Waals surface area contributed by atoms with E-state index in [1.165, 1.54) is 35.6 Å². The summed E-state index contributed by atoms with van der Waals surface area (Å²) in [6.07, 6.45) is 2.45. The third-order valence-corrected chi connectivity index (χ3v) is 3.69. The molecule has 1 aromatic heterocycles. The molecule has 1 N–H and O–H groups in total. The van der Waals surface area contributed by atoms with Crippen LogP contribution in [0.15, 0.2) is 35.7 Å². The smallest absolute Gasteiger partial charge is 0.387 e. The van der Waals surface area contributed by atoms with Gasteiger partial charge in [0.1, 0.15) is 16.8 Å². The van der Waals surface area contributed by atoms with Gasteiger partial charge in [-0.3, -0.25) is 4.79 Å². The van der Waals surface area contributed by atoms with Crippen molar-refractivity contribution in [1.82, 2.24) is 0 Å². The van der Waals surface area contributed by atoms with Gasteiger partial charge in [0.05, 0.1) is 5.56 Å². The normalized spacial score (nSPS) is 10.7. The van der Waals surface area contributed by atoms with Gasteiger partial charge in [0.2, 0.25) is 5.91 Å². The number of hydrogen-bond acceptors (Lipinski definition) is 4. The first kappa shape index (κ1) is 16.9. The Kier molecular flexibility index (Phi) is 5.68. The predicted octanol–water partition coefficient (Wildman–Crippen LogP) is 4.53. The van der Waals surface area contributed by atoms with E-state index in [9.17, 15) is 13.6 Å². The van der Waals surface area contributed by atoms with Crippen LogP contribution >= 0.6 is 22.9 Å². The van der Waals surface area contributed by atoms with E-state index in [1.807, 2.05) is 6.07 Å². The molecule has 2 rings (SSSR count). The van der Waals surface area contributed by atoms with Crippen LogP contribution in [0.1, 0.15) is 11.1 Å². The van der Waals surface area contributed by atoms with Gasteiger partial charge in [0.15, 0.2) is 0 Å². The summed E-state index contributed by atoms with van der Waals surface area (Å²) < 4.78 is 29.1. The highest BCUT2D eigenvalue weighted by atomic mass is 35.5. The van der Waals surface area contributed by atoms with E-state index in [0.717, 1.165) is 6.08 Å². The lowest BCUT2D eigenvalue weighted by atomic mass is 10.2. The van der Waals surface area contributed by atoms with Crippen LogP contribution in [0.2, 0.25) is 5.02 Å². The van der Waals surface area contributed by atoms with Crippen molar-refractivity contribution in [3.8, 4) is 11.8 Å². The Morgan fingerprint density at radius 1 is 1.43 bits per heavy atom. The third kappa shape index (κ3) is 4.77. The van der Waals surface area contributed by atoms with Crippen molar-refractivity contribution in [3.05, 3.63) is 51.9 Å². The molecular weight excluding hydrogens is 346 g/mol. The van der Waals surface area contributed by atoms with Gasteiger partial charge in [-0.25, -0.2) is 0 Å². The number of anilines is 1. The summed E-state index contributed by atoms with van der Waals surface area (Å²) in [7, 11) is 0. The second kappa shape index (κ2) is 7.72. The highest BCUT2D eigenvalue weighted by Crippen LogP contribution is 2.26. The fourth-order valence-electron chi connectivity index (χ4n) is 1.67. The van der Waals surface area contributed by atoms with E-state index in [0.29, 0.717) is 15.6 Å². The van der Waals surface area contributed by atoms with Gasteiger partial charge < -0.3 is 10.1 Å². The minimum Gasteiger partial charge on any atom is -0.434 e. The van der Waals surface area contributed by atoms with Gasteiger partial charge in [0.25, 0.3) is 0 Å². The number of ether oxygens (including phenoxy) is 1. The molecule has 0 radical (unpaired) electrons. The first-order chi connectivity index (χ1) is 11.0. The van der Waals surface area contributed by atoms with E-state index < -0.39 is 12.5 Å². The van der Waals surface area contributed by atoms with Crippen molar-refractivity contribution in [2.75, 3.05) is 5.32 Å². The molecule has 0 unspecified atom stereocenters. The van der Waals surface area contributed by atoms with Gasteiger partial charge in [-0.1, -0.05) is 11.6 Å². The van der Waals surface area contributed by atoms with Crippen LogP contribution in [-0.4, -0.2) is 12.5 Å². The molecule has 2 aromatic rings. The fraction of sp³-hybridized carbons (Fsp3) is 0.0667. The molecule has 1 heterocycles. The highest BCUT2D eigenvalue weighted by Gasteiger charge is 2.10. The lowest BCUT2D eigenvalue weighted by Gasteiger charge is -2.08. The van der Waals surface area contributed by atoms with Gasteiger partial charge >= 0.3 is 6.61 Å². The molecule has 0 aliphatic carbocycles. The molecule has 8 heteroatoms. The summed E-state index contributed by atoms with van der Waals surface area (Å²) in [5, 5.41) is 13.8. The maximum Gasteiger partial charge on any atom is 0.387 e. The zero-order valence-electron chi connectivity index (χ0n) is 11.4. The first-order valence-electron chi connectivity index (χ1n) is 6.20. The Balaban J connectivity index is 2.14. The lowest BCUT2D eigenvalue weighted by Crippen LogP contribution is -2.07. The number of alkyl halides is 2. The Bertz CT molecular complexity index is 784. The van der Waals surface area contributed by atoms with Crippen molar-refractivity contribution in [2.45, 2.75) is 6.61 Å². The molecule has 0 atom stereocenters. The van der Waals surface area contributed by atoms with Crippen molar-refractivity contribution < 1.29 is 18.3 Å². The standard InChI is InChI=1S/C15H9ClF2N2O2S/c16-11-2-3-12(22-15(17)18)9(7-11)1-4-13(21)20-14-10(8-19)5-6-23-14/h1-7,15H,(H,20,21). The summed E-state index contributed by atoms with van der Waals surface area (Å²) in [5.74, 6) is -0.603. The summed E-state index contributed by atoms with van der Waals surface area (Å²) in [6, 6.07) is 7.62. The van der Waals surface area contributed by atoms with Gasteiger partial charge in [-0.15, -0.1) is 11.3 Å². The SMILES string of the molecule is N#Cc1ccsc1NC(=O)C=Cc1cc(Cl)ccc1OC(F)F. The third-order valence-electron chi connectivity index (χ3n) is 2.62. The van der Waals surface area contributed by atoms with Crippen molar-refractivity contribution >= 4 is 39.9 Å². The topological polar surface area (TPSA) is 62.1 Å². The maximum atomic E-state index is 12.3. The summed E-state index contributed by atoms with van der Waals surface area (Å²) in [5.41, 5.74) is 0.584. The molecule has 0 aliphatic rings. The number of hydrogen-bond donors (Lipinski definition) is 1. The van der Waals surface area contributed by atoms with Gasteiger partial charge in [-0.05, 0) is 35.7 Å². The molecule has 1 aromatic carbocycles. The Morgan fingerprint density at radius 3 is 2.91 bits per heavy atom. The Hall–Kier alpha value is -2.43. The van der Waals surface area contributed by atoms with Crippen molar-refractivity contribution in [2.24, 2.45) is 0 Å². The minimum atomic E-state index is -2.98. The summed E-state index contributed by atoms with van der Waals surface area (Å²) >= 11 is 7.02. The monoisotopic (exact) mass is 354 g/mol. The van der Waals surface area contributed by atoms with Crippen LogP contribution in [-0.2, 0) is 4.79 Å². The number of thiophene rings is 1. The number of amides is 1. The number of benzene rings is 1. The molecule has 0 fully saturated rings. The molecule has 118 valence electrons. The molecule has 23 heavy (non-hydrogen) atoms. The lowest BCUT2D eigenvalue weighted by molar-refractivity contribution is -0.111. The number of nitrogens with zero attached hydrogens (tertiary/aromatic N) is 1. The van der Waals surface area contributed by atoms with Crippen LogP contribution in [0.4, 0.5) is 13.8 Å². The van der Waals surface area contributed by atoms with Gasteiger partial charge in [-0.2, -0.15) is 14.0 Å². The predicted molar refractivity (Wildman–Crippen MR) is 84.8 cm³/mol. The molecule has 0 saturated carbocycles. The van der Waals surface area contributed by atoms with Crippen molar-refractivity contribution in [1.29, 1.82) is 5.26 Å². The molecule has 0 bridgehead atoms. The average molecular weight is 355 g/mol. The molecule has 0 aliphatic heterocycles. The van der Waals surface area contributed by atoms with E-state index in [1.54, 1.807) is 11.4 Å². The molecule has 1 amide bonds. The van der Waals surface area contributed by atoms with Crippen LogP contribution in [0.3, 0.4) is 0 Å². The van der Waals surface area contributed by atoms with Crippen LogP contribution < -0.4 is 10.1 Å². The number of nitriles is 1. The van der Waals surface area contributed by atoms with E-state index in [-0.39, 0.29) is 11.3 Å². The Morgan fingerprint density at radius 2 is 2.22 bits per heavy atom. The van der Waals surface area contributed by atoms with E-state index in [4.69, 9.17) is 16.9 Å². The van der Waals surface area contributed by atoms with Crippen LogP contribution in [0.5, 0.6) is 5.75 Å². The molecule has 0 saturated heterocycles. The van der Waals surface area contributed by atoms with Crippen LogP contribution in [0.25, 0.3) is 6.08 Å². The minimum absolute atomic E-state index is 0.0951. The zero-order valence-corrected chi connectivity index (χ0v) is 13.0. The second-order valence-electron chi connectivity index (χ2n) is 4.16. The molecule has 4 nitrogen and oxygen atoms in total. The molecule has 0 spiro atoms. The number of nitrogens with one attached hydrogen (secondary N) is 1. The fourth-order valence-corrected chi connectivity index (χ4v) is 2.59. The second-order valence-corrected chi connectivity index (χ2v) is 5.51. The summed E-state index contributed by atoms with van der Waals surface area (Å²) in [4.78, 5) is 11.8. The molecular formula is C15H9ClF2N2O2S.